The van der Waals surface area contributed by atoms with E-state index in [1.54, 1.807) is 35.3 Å². The number of ether oxygens (including phenoxy) is 1. The standard InChI is InChI=1S/C34H48FN2O2S/c1-3-4-5-6-7-8-9-10-11-12-13-14-23-39-34-19-18-30(26-33(34)35)20-21-37(29(2)38)32-17-15-16-31(25-32)27-36-22-24-40-28-36/h15-19,22,24-26,28H,3-14,20-21,23,27H2,1-2H3/q+1. The Kier molecular flexibility index (Phi) is 14.8. The monoisotopic (exact) mass is 567 g/mol. The fraction of sp³-hybridized carbons (Fsp3) is 0.529. The van der Waals surface area contributed by atoms with Gasteiger partial charge in [-0.3, -0.25) is 4.79 Å². The molecule has 0 radical (unpaired) electrons. The molecule has 40 heavy (non-hydrogen) atoms. The van der Waals surface area contributed by atoms with E-state index in [4.69, 9.17) is 4.74 Å². The Balaban J connectivity index is 1.35. The van der Waals surface area contributed by atoms with Gasteiger partial charge >= 0.3 is 0 Å². The number of hydrogen-bond donors (Lipinski definition) is 0. The number of amides is 1. The van der Waals surface area contributed by atoms with Crippen LogP contribution in [-0.4, -0.2) is 19.1 Å². The van der Waals surface area contributed by atoms with Gasteiger partial charge in [0.15, 0.2) is 24.3 Å². The van der Waals surface area contributed by atoms with E-state index in [0.717, 1.165) is 36.2 Å². The predicted octanol–water partition coefficient (Wildman–Crippen LogP) is 8.90. The van der Waals surface area contributed by atoms with E-state index in [0.29, 0.717) is 25.3 Å². The highest BCUT2D eigenvalue weighted by molar-refractivity contribution is 7.07. The number of carbonyl (C=O) groups excluding carboxylic acids is 1. The van der Waals surface area contributed by atoms with E-state index >= 15 is 0 Å². The second kappa shape index (κ2) is 18.6. The van der Waals surface area contributed by atoms with E-state index in [-0.39, 0.29) is 11.7 Å². The van der Waals surface area contributed by atoms with Crippen LogP contribution in [0.3, 0.4) is 0 Å². The maximum absolute atomic E-state index is 14.7. The molecule has 0 spiro atoms. The number of hydrogen-bond acceptors (Lipinski definition) is 3. The first-order valence-corrected chi connectivity index (χ1v) is 16.2. The van der Waals surface area contributed by atoms with Gasteiger partial charge < -0.3 is 9.64 Å². The summed E-state index contributed by atoms with van der Waals surface area (Å²) >= 11 is 1.65. The third-order valence-corrected chi connectivity index (χ3v) is 8.04. The summed E-state index contributed by atoms with van der Waals surface area (Å²) in [6.45, 7) is 5.63. The Morgan fingerprint density at radius 1 is 0.900 bits per heavy atom. The van der Waals surface area contributed by atoms with Crippen molar-refractivity contribution in [2.45, 2.75) is 104 Å². The average Bonchev–Trinajstić information content (AvgIpc) is 3.45. The first-order valence-electron chi connectivity index (χ1n) is 15.3. The highest BCUT2D eigenvalue weighted by Gasteiger charge is 2.14. The molecule has 0 N–H and O–H groups in total. The van der Waals surface area contributed by atoms with Crippen molar-refractivity contribution >= 4 is 22.9 Å². The summed E-state index contributed by atoms with van der Waals surface area (Å²) in [4.78, 5) is 14.2. The maximum Gasteiger partial charge on any atom is 0.224 e. The minimum Gasteiger partial charge on any atom is -0.491 e. The third kappa shape index (κ3) is 11.8. The van der Waals surface area contributed by atoms with Crippen molar-refractivity contribution in [1.82, 2.24) is 0 Å². The van der Waals surface area contributed by atoms with Crippen molar-refractivity contribution in [3.8, 4) is 5.75 Å². The summed E-state index contributed by atoms with van der Waals surface area (Å²) in [5.74, 6) is -0.0438. The summed E-state index contributed by atoms with van der Waals surface area (Å²) in [5.41, 5.74) is 4.92. The predicted molar refractivity (Wildman–Crippen MR) is 165 cm³/mol. The Bertz CT molecular complexity index is 1120. The molecule has 0 aliphatic heterocycles. The lowest BCUT2D eigenvalue weighted by Crippen LogP contribution is -2.32. The Hall–Kier alpha value is -2.73. The maximum atomic E-state index is 14.7. The molecule has 0 fully saturated rings. The molecule has 0 atom stereocenters. The van der Waals surface area contributed by atoms with Crippen LogP contribution in [0.1, 0.15) is 102 Å². The number of thiazole rings is 1. The first-order chi connectivity index (χ1) is 19.6. The summed E-state index contributed by atoms with van der Waals surface area (Å²) < 4.78 is 22.6. The lowest BCUT2D eigenvalue weighted by molar-refractivity contribution is -0.683. The summed E-state index contributed by atoms with van der Waals surface area (Å²) in [5, 5.41) is 2.04. The van der Waals surface area contributed by atoms with E-state index in [9.17, 15) is 9.18 Å². The van der Waals surface area contributed by atoms with Gasteiger partial charge in [0.05, 0.1) is 12.0 Å². The van der Waals surface area contributed by atoms with Gasteiger partial charge in [0, 0.05) is 24.7 Å². The first kappa shape index (κ1) is 31.8. The SMILES string of the molecule is CCCCCCCCCCCCCCOc1ccc(CCN(C(C)=O)c2cccc(C[n+]3ccsc3)c2)cc1F. The fourth-order valence-electron chi connectivity index (χ4n) is 5.04. The molecule has 3 aromatic rings. The van der Waals surface area contributed by atoms with Crippen LogP contribution in [0.4, 0.5) is 10.1 Å². The van der Waals surface area contributed by atoms with Gasteiger partial charge in [-0.15, -0.1) is 0 Å². The van der Waals surface area contributed by atoms with Crippen molar-refractivity contribution in [2.75, 3.05) is 18.1 Å². The van der Waals surface area contributed by atoms with Crippen LogP contribution in [0.25, 0.3) is 0 Å². The molecule has 6 heteroatoms. The smallest absolute Gasteiger partial charge is 0.224 e. The molecule has 218 valence electrons. The highest BCUT2D eigenvalue weighted by atomic mass is 32.1. The number of aromatic nitrogens is 1. The topological polar surface area (TPSA) is 33.4 Å². The third-order valence-electron chi connectivity index (χ3n) is 7.37. The molecule has 0 bridgehead atoms. The number of anilines is 1. The zero-order chi connectivity index (χ0) is 28.4. The van der Waals surface area contributed by atoms with Gasteiger partial charge in [-0.05, 0) is 42.7 Å². The lowest BCUT2D eigenvalue weighted by Gasteiger charge is -2.22. The molecule has 2 aromatic carbocycles. The quantitative estimate of drug-likeness (QED) is 0.101. The van der Waals surface area contributed by atoms with Crippen LogP contribution in [0, 0.1) is 5.82 Å². The summed E-state index contributed by atoms with van der Waals surface area (Å²) in [7, 11) is 0. The number of unbranched alkanes of at least 4 members (excludes halogenated alkanes) is 11. The second-order valence-electron chi connectivity index (χ2n) is 10.8. The molecular weight excluding hydrogens is 519 g/mol. The molecule has 0 aliphatic rings. The number of halogens is 1. The van der Waals surface area contributed by atoms with Crippen LogP contribution < -0.4 is 14.2 Å². The molecule has 0 saturated carbocycles. The van der Waals surface area contributed by atoms with E-state index < -0.39 is 0 Å². The molecule has 3 rings (SSSR count). The largest absolute Gasteiger partial charge is 0.491 e. The van der Waals surface area contributed by atoms with Crippen LogP contribution in [-0.2, 0) is 17.8 Å². The Labute approximate surface area is 245 Å². The lowest BCUT2D eigenvalue weighted by atomic mass is 10.1. The summed E-state index contributed by atoms with van der Waals surface area (Å²) in [6, 6.07) is 13.2. The van der Waals surface area contributed by atoms with Crippen molar-refractivity contribution < 1.29 is 18.5 Å². The minimum atomic E-state index is -0.333. The zero-order valence-corrected chi connectivity index (χ0v) is 25.4. The number of carbonyl (C=O) groups is 1. The number of benzene rings is 2. The van der Waals surface area contributed by atoms with Crippen molar-refractivity contribution in [3.05, 3.63) is 76.5 Å². The van der Waals surface area contributed by atoms with Gasteiger partial charge in [0.25, 0.3) is 0 Å². The van der Waals surface area contributed by atoms with Gasteiger partial charge in [-0.25, -0.2) is 4.39 Å². The molecule has 0 unspecified atom stereocenters. The van der Waals surface area contributed by atoms with Crippen molar-refractivity contribution in [2.24, 2.45) is 0 Å². The van der Waals surface area contributed by atoms with Crippen molar-refractivity contribution in [1.29, 1.82) is 0 Å². The van der Waals surface area contributed by atoms with Crippen molar-refractivity contribution in [3.63, 3.8) is 0 Å². The van der Waals surface area contributed by atoms with Gasteiger partial charge in [0.1, 0.15) is 0 Å². The van der Waals surface area contributed by atoms with Gasteiger partial charge in [-0.1, -0.05) is 107 Å². The molecule has 0 aliphatic carbocycles. The van der Waals surface area contributed by atoms with Gasteiger partial charge in [0.2, 0.25) is 11.4 Å². The van der Waals surface area contributed by atoms with E-state index in [1.165, 1.54) is 64.2 Å². The van der Waals surface area contributed by atoms with E-state index in [2.05, 4.69) is 29.1 Å². The average molecular weight is 568 g/mol. The summed E-state index contributed by atoms with van der Waals surface area (Å²) in [6.07, 6.45) is 18.1. The highest BCUT2D eigenvalue weighted by Crippen LogP contribution is 2.22. The number of nitrogens with zero attached hydrogens (tertiary/aromatic N) is 2. The minimum absolute atomic E-state index is 0.0248. The molecule has 1 aromatic heterocycles. The van der Waals surface area contributed by atoms with Crippen LogP contribution >= 0.6 is 11.3 Å². The molecule has 1 amide bonds. The molecule has 0 saturated heterocycles. The van der Waals surface area contributed by atoms with Gasteiger partial charge in [-0.2, -0.15) is 4.57 Å². The molecule has 1 heterocycles. The van der Waals surface area contributed by atoms with Crippen LogP contribution in [0.15, 0.2) is 59.6 Å². The molecule has 4 nitrogen and oxygen atoms in total. The second-order valence-corrected chi connectivity index (χ2v) is 11.5. The Morgan fingerprint density at radius 2 is 1.60 bits per heavy atom. The zero-order valence-electron chi connectivity index (χ0n) is 24.6. The Morgan fingerprint density at radius 3 is 2.23 bits per heavy atom. The van der Waals surface area contributed by atoms with Crippen LogP contribution in [0.2, 0.25) is 0 Å². The van der Waals surface area contributed by atoms with Crippen LogP contribution in [0.5, 0.6) is 5.75 Å². The molecular formula is C34H48FN2O2S+. The fourth-order valence-corrected chi connectivity index (χ4v) is 5.63. The number of rotatable bonds is 20. The normalized spacial score (nSPS) is 11.1. The van der Waals surface area contributed by atoms with E-state index in [1.807, 2.05) is 29.8 Å².